The zero-order valence-electron chi connectivity index (χ0n) is 8.30. The minimum atomic E-state index is -0.0336. The Morgan fingerprint density at radius 2 is 1.92 bits per heavy atom. The van der Waals surface area contributed by atoms with Gasteiger partial charge in [-0.25, -0.2) is 0 Å². The van der Waals surface area contributed by atoms with Gasteiger partial charge >= 0.3 is 0 Å². The molecule has 1 aromatic rings. The van der Waals surface area contributed by atoms with Crippen molar-refractivity contribution in [2.45, 2.75) is 19.3 Å². The number of halogens is 1. The number of hydrogen-bond donors (Lipinski definition) is 0. The highest BCUT2D eigenvalue weighted by molar-refractivity contribution is 6.18. The number of hydrogen-bond acceptors (Lipinski definition) is 1. The van der Waals surface area contributed by atoms with E-state index in [2.05, 4.69) is 19.9 Å². The zero-order chi connectivity index (χ0) is 9.90. The first-order chi connectivity index (χ1) is 6.11. The van der Waals surface area contributed by atoms with E-state index in [0.29, 0.717) is 5.88 Å². The first-order valence-electron chi connectivity index (χ1n) is 4.31. The highest BCUT2D eigenvalue weighted by atomic mass is 35.5. The average Bonchev–Trinajstić information content (AvgIpc) is 2.18. The molecule has 0 fully saturated rings. The smallest absolute Gasteiger partial charge is 0.122 e. The van der Waals surface area contributed by atoms with Crippen LogP contribution >= 0.6 is 11.6 Å². The molecule has 2 heteroatoms. The fourth-order valence-electron chi connectivity index (χ4n) is 1.28. The molecule has 0 aliphatic rings. The molecule has 1 rings (SSSR count). The van der Waals surface area contributed by atoms with Crippen molar-refractivity contribution in [3.8, 4) is 5.75 Å². The van der Waals surface area contributed by atoms with Crippen molar-refractivity contribution in [3.05, 3.63) is 29.8 Å². The van der Waals surface area contributed by atoms with Gasteiger partial charge in [-0.15, -0.1) is 11.6 Å². The van der Waals surface area contributed by atoms with Gasteiger partial charge < -0.3 is 4.74 Å². The van der Waals surface area contributed by atoms with E-state index in [-0.39, 0.29) is 5.41 Å². The predicted molar refractivity (Wildman–Crippen MR) is 56.7 cm³/mol. The predicted octanol–water partition coefficient (Wildman–Crippen LogP) is 3.21. The van der Waals surface area contributed by atoms with Crippen LogP contribution in [0, 0.1) is 0 Å². The monoisotopic (exact) mass is 198 g/mol. The van der Waals surface area contributed by atoms with Gasteiger partial charge in [0.05, 0.1) is 7.11 Å². The van der Waals surface area contributed by atoms with Crippen molar-refractivity contribution in [2.75, 3.05) is 13.0 Å². The van der Waals surface area contributed by atoms with E-state index in [0.717, 1.165) is 11.3 Å². The summed E-state index contributed by atoms with van der Waals surface area (Å²) in [5.41, 5.74) is 1.13. The summed E-state index contributed by atoms with van der Waals surface area (Å²) in [7, 11) is 1.68. The maximum absolute atomic E-state index is 5.90. The molecule has 0 N–H and O–H groups in total. The van der Waals surface area contributed by atoms with E-state index in [9.17, 15) is 0 Å². The minimum absolute atomic E-state index is 0.0336. The Kier molecular flexibility index (Phi) is 3.21. The quantitative estimate of drug-likeness (QED) is 0.678. The van der Waals surface area contributed by atoms with Crippen molar-refractivity contribution < 1.29 is 4.74 Å². The second-order valence-corrected chi connectivity index (χ2v) is 3.99. The molecule has 72 valence electrons. The van der Waals surface area contributed by atoms with Crippen LogP contribution in [0.2, 0.25) is 0 Å². The van der Waals surface area contributed by atoms with Gasteiger partial charge in [0.25, 0.3) is 0 Å². The number of para-hydroxylation sites is 1. The summed E-state index contributed by atoms with van der Waals surface area (Å²) in [5, 5.41) is 0. The SMILES string of the molecule is COc1ccccc1C(C)(C)CCl. The summed E-state index contributed by atoms with van der Waals surface area (Å²) in [6.45, 7) is 4.22. The summed E-state index contributed by atoms with van der Waals surface area (Å²) < 4.78 is 5.27. The second-order valence-electron chi connectivity index (χ2n) is 3.72. The third kappa shape index (κ3) is 2.16. The number of rotatable bonds is 3. The Morgan fingerprint density at radius 3 is 2.46 bits per heavy atom. The van der Waals surface area contributed by atoms with Crippen LogP contribution in [0.25, 0.3) is 0 Å². The summed E-state index contributed by atoms with van der Waals surface area (Å²) in [5.74, 6) is 1.50. The molecule has 0 aliphatic carbocycles. The molecule has 1 aromatic carbocycles. The molecule has 0 unspecified atom stereocenters. The van der Waals surface area contributed by atoms with Crippen LogP contribution in [-0.4, -0.2) is 13.0 Å². The Hall–Kier alpha value is -0.690. The highest BCUT2D eigenvalue weighted by Crippen LogP contribution is 2.31. The minimum Gasteiger partial charge on any atom is -0.496 e. The zero-order valence-corrected chi connectivity index (χ0v) is 9.06. The van der Waals surface area contributed by atoms with Crippen molar-refractivity contribution in [1.82, 2.24) is 0 Å². The summed E-state index contributed by atoms with van der Waals surface area (Å²) >= 11 is 5.90. The summed E-state index contributed by atoms with van der Waals surface area (Å²) in [4.78, 5) is 0. The van der Waals surface area contributed by atoms with Crippen LogP contribution in [0.4, 0.5) is 0 Å². The van der Waals surface area contributed by atoms with Crippen molar-refractivity contribution in [1.29, 1.82) is 0 Å². The molecule has 0 atom stereocenters. The molecule has 0 aliphatic heterocycles. The van der Waals surface area contributed by atoms with E-state index in [1.54, 1.807) is 7.11 Å². The van der Waals surface area contributed by atoms with Gasteiger partial charge in [-0.05, 0) is 6.07 Å². The molecule has 13 heavy (non-hydrogen) atoms. The number of alkyl halides is 1. The molecular formula is C11H15ClO. The first kappa shape index (κ1) is 10.4. The fraction of sp³-hybridized carbons (Fsp3) is 0.455. The number of benzene rings is 1. The van der Waals surface area contributed by atoms with E-state index in [4.69, 9.17) is 16.3 Å². The van der Waals surface area contributed by atoms with E-state index >= 15 is 0 Å². The topological polar surface area (TPSA) is 9.23 Å². The van der Waals surface area contributed by atoms with Crippen LogP contribution in [0.3, 0.4) is 0 Å². The van der Waals surface area contributed by atoms with E-state index < -0.39 is 0 Å². The van der Waals surface area contributed by atoms with Crippen LogP contribution in [0.15, 0.2) is 24.3 Å². The molecule has 0 heterocycles. The molecule has 1 nitrogen and oxygen atoms in total. The number of ether oxygens (including phenoxy) is 1. The van der Waals surface area contributed by atoms with E-state index in [1.807, 2.05) is 18.2 Å². The van der Waals surface area contributed by atoms with Crippen molar-refractivity contribution >= 4 is 11.6 Å². The lowest BCUT2D eigenvalue weighted by Crippen LogP contribution is -2.19. The van der Waals surface area contributed by atoms with Gasteiger partial charge in [0, 0.05) is 16.9 Å². The highest BCUT2D eigenvalue weighted by Gasteiger charge is 2.22. The Bertz CT molecular complexity index is 281. The molecule has 0 aromatic heterocycles. The summed E-state index contributed by atoms with van der Waals surface area (Å²) in [6.07, 6.45) is 0. The van der Waals surface area contributed by atoms with Crippen molar-refractivity contribution in [3.63, 3.8) is 0 Å². The lowest BCUT2D eigenvalue weighted by Gasteiger charge is -2.24. The Morgan fingerprint density at radius 1 is 1.31 bits per heavy atom. The molecule has 0 saturated carbocycles. The van der Waals surface area contributed by atoms with E-state index in [1.165, 1.54) is 0 Å². The van der Waals surface area contributed by atoms with Gasteiger partial charge in [-0.1, -0.05) is 32.0 Å². The maximum Gasteiger partial charge on any atom is 0.122 e. The lowest BCUT2D eigenvalue weighted by atomic mass is 9.86. The van der Waals surface area contributed by atoms with Crippen LogP contribution in [0.5, 0.6) is 5.75 Å². The third-order valence-electron chi connectivity index (χ3n) is 2.17. The van der Waals surface area contributed by atoms with Gasteiger partial charge in [0.2, 0.25) is 0 Å². The van der Waals surface area contributed by atoms with Gasteiger partial charge in [-0.3, -0.25) is 0 Å². The average molecular weight is 199 g/mol. The summed E-state index contributed by atoms with van der Waals surface area (Å²) in [6, 6.07) is 7.99. The molecule has 0 spiro atoms. The van der Waals surface area contributed by atoms with Crippen molar-refractivity contribution in [2.24, 2.45) is 0 Å². The van der Waals surface area contributed by atoms with Gasteiger partial charge in [-0.2, -0.15) is 0 Å². The molecule has 0 radical (unpaired) electrons. The Labute approximate surface area is 84.7 Å². The van der Waals surface area contributed by atoms with Crippen LogP contribution in [0.1, 0.15) is 19.4 Å². The lowest BCUT2D eigenvalue weighted by molar-refractivity contribution is 0.398. The Balaban J connectivity index is 3.12. The van der Waals surface area contributed by atoms with Gasteiger partial charge in [0.15, 0.2) is 0 Å². The second kappa shape index (κ2) is 4.01. The first-order valence-corrected chi connectivity index (χ1v) is 4.85. The third-order valence-corrected chi connectivity index (χ3v) is 2.84. The molecule has 0 amide bonds. The molecule has 0 saturated heterocycles. The fourth-order valence-corrected chi connectivity index (χ4v) is 1.42. The van der Waals surface area contributed by atoms with Gasteiger partial charge in [0.1, 0.15) is 5.75 Å². The normalized spacial score (nSPS) is 11.4. The molecule has 0 bridgehead atoms. The standard InChI is InChI=1S/C11H15ClO/c1-11(2,8-12)9-6-4-5-7-10(9)13-3/h4-7H,8H2,1-3H3. The number of methoxy groups -OCH3 is 1. The largest absolute Gasteiger partial charge is 0.496 e. The molecular weight excluding hydrogens is 184 g/mol. The maximum atomic E-state index is 5.90. The van der Waals surface area contributed by atoms with Crippen LogP contribution in [-0.2, 0) is 5.41 Å². The van der Waals surface area contributed by atoms with Crippen LogP contribution < -0.4 is 4.74 Å².